The zero-order valence-electron chi connectivity index (χ0n) is 11.2. The highest BCUT2D eigenvalue weighted by Gasteiger charge is 2.35. The van der Waals surface area contributed by atoms with Crippen LogP contribution in [0, 0.1) is 5.92 Å². The van der Waals surface area contributed by atoms with Gasteiger partial charge in [-0.1, -0.05) is 0 Å². The van der Waals surface area contributed by atoms with Crippen LogP contribution in [0.4, 0.5) is 0 Å². The molecule has 17 heavy (non-hydrogen) atoms. The van der Waals surface area contributed by atoms with E-state index in [1.807, 2.05) is 4.90 Å². The van der Waals surface area contributed by atoms with Gasteiger partial charge in [-0.2, -0.15) is 0 Å². The van der Waals surface area contributed by atoms with E-state index >= 15 is 0 Å². The first-order valence-corrected chi connectivity index (χ1v) is 6.66. The molecule has 0 aromatic rings. The van der Waals surface area contributed by atoms with Crippen molar-refractivity contribution in [3.05, 3.63) is 0 Å². The minimum atomic E-state index is -0.195. The fourth-order valence-electron chi connectivity index (χ4n) is 2.82. The normalized spacial score (nSPS) is 33.5. The van der Waals surface area contributed by atoms with Gasteiger partial charge in [0.25, 0.3) is 0 Å². The van der Waals surface area contributed by atoms with E-state index in [4.69, 9.17) is 4.74 Å². The van der Waals surface area contributed by atoms with Crippen molar-refractivity contribution in [2.45, 2.75) is 45.3 Å². The minimum absolute atomic E-state index is 0.151. The van der Waals surface area contributed by atoms with Crippen molar-refractivity contribution in [3.8, 4) is 0 Å². The SMILES string of the molecule is CC1NCCCC1C(=O)N1CCOC(C)(C)C1. The van der Waals surface area contributed by atoms with Crippen LogP contribution in [0.1, 0.15) is 33.6 Å². The third-order valence-corrected chi connectivity index (χ3v) is 3.82. The predicted octanol–water partition coefficient (Wildman–Crippen LogP) is 1.01. The number of carbonyl (C=O) groups excluding carboxylic acids is 1. The maximum atomic E-state index is 12.5. The fraction of sp³-hybridized carbons (Fsp3) is 0.923. The Balaban J connectivity index is 1.99. The molecule has 2 atom stereocenters. The Hall–Kier alpha value is -0.610. The highest BCUT2D eigenvalue weighted by molar-refractivity contribution is 5.79. The van der Waals surface area contributed by atoms with Crippen molar-refractivity contribution in [2.75, 3.05) is 26.2 Å². The average molecular weight is 240 g/mol. The Kier molecular flexibility index (Phi) is 3.73. The molecule has 1 N–H and O–H groups in total. The van der Waals surface area contributed by atoms with E-state index in [1.165, 1.54) is 0 Å². The summed E-state index contributed by atoms with van der Waals surface area (Å²) in [6, 6.07) is 0.308. The average Bonchev–Trinajstić information content (AvgIpc) is 2.27. The quantitative estimate of drug-likeness (QED) is 0.744. The summed E-state index contributed by atoms with van der Waals surface area (Å²) in [7, 11) is 0. The topological polar surface area (TPSA) is 41.6 Å². The van der Waals surface area contributed by atoms with Crippen molar-refractivity contribution in [1.29, 1.82) is 0 Å². The summed E-state index contributed by atoms with van der Waals surface area (Å²) in [4.78, 5) is 14.5. The Morgan fingerprint density at radius 3 is 2.88 bits per heavy atom. The lowest BCUT2D eigenvalue weighted by molar-refractivity contribution is -0.151. The van der Waals surface area contributed by atoms with E-state index in [0.717, 1.165) is 32.5 Å². The third-order valence-electron chi connectivity index (χ3n) is 3.82. The van der Waals surface area contributed by atoms with Gasteiger partial charge in [-0.05, 0) is 40.2 Å². The van der Waals surface area contributed by atoms with Gasteiger partial charge in [-0.15, -0.1) is 0 Å². The molecule has 0 aliphatic carbocycles. The number of ether oxygens (including phenoxy) is 1. The lowest BCUT2D eigenvalue weighted by Gasteiger charge is -2.41. The molecule has 2 unspecified atom stereocenters. The molecule has 2 aliphatic heterocycles. The van der Waals surface area contributed by atoms with E-state index in [9.17, 15) is 4.79 Å². The highest BCUT2D eigenvalue weighted by Crippen LogP contribution is 2.23. The highest BCUT2D eigenvalue weighted by atomic mass is 16.5. The van der Waals surface area contributed by atoms with E-state index in [0.29, 0.717) is 18.6 Å². The standard InChI is InChI=1S/C13H24N2O2/c1-10-11(5-4-6-14-10)12(16)15-7-8-17-13(2,3)9-15/h10-11,14H,4-9H2,1-3H3. The zero-order valence-corrected chi connectivity index (χ0v) is 11.2. The molecule has 2 saturated heterocycles. The first-order valence-electron chi connectivity index (χ1n) is 6.66. The second-order valence-corrected chi connectivity index (χ2v) is 5.86. The smallest absolute Gasteiger partial charge is 0.227 e. The van der Waals surface area contributed by atoms with Gasteiger partial charge in [-0.25, -0.2) is 0 Å². The number of hydrogen-bond acceptors (Lipinski definition) is 3. The summed E-state index contributed by atoms with van der Waals surface area (Å²) in [6.45, 7) is 9.38. The lowest BCUT2D eigenvalue weighted by Crippen LogP contribution is -2.55. The van der Waals surface area contributed by atoms with Crippen LogP contribution >= 0.6 is 0 Å². The molecule has 4 nitrogen and oxygen atoms in total. The minimum Gasteiger partial charge on any atom is -0.372 e. The van der Waals surface area contributed by atoms with Crippen molar-refractivity contribution in [3.63, 3.8) is 0 Å². The summed E-state index contributed by atoms with van der Waals surface area (Å²) in [6.07, 6.45) is 2.12. The van der Waals surface area contributed by atoms with Crippen LogP contribution in [-0.4, -0.2) is 48.7 Å². The predicted molar refractivity (Wildman–Crippen MR) is 66.8 cm³/mol. The zero-order chi connectivity index (χ0) is 12.5. The van der Waals surface area contributed by atoms with Gasteiger partial charge in [0.1, 0.15) is 0 Å². The number of nitrogens with zero attached hydrogens (tertiary/aromatic N) is 1. The van der Waals surface area contributed by atoms with Crippen LogP contribution in [0.15, 0.2) is 0 Å². The first-order chi connectivity index (χ1) is 7.99. The molecule has 2 aliphatic rings. The maximum absolute atomic E-state index is 12.5. The molecule has 2 heterocycles. The van der Waals surface area contributed by atoms with E-state index in [1.54, 1.807) is 0 Å². The van der Waals surface area contributed by atoms with E-state index < -0.39 is 0 Å². The monoisotopic (exact) mass is 240 g/mol. The Labute approximate surface area is 104 Å². The summed E-state index contributed by atoms with van der Waals surface area (Å²) < 4.78 is 5.65. The first kappa shape index (κ1) is 12.8. The fourth-order valence-corrected chi connectivity index (χ4v) is 2.82. The van der Waals surface area contributed by atoms with Crippen LogP contribution in [0.3, 0.4) is 0 Å². The molecule has 0 aromatic heterocycles. The van der Waals surface area contributed by atoms with Gasteiger partial charge in [0.15, 0.2) is 0 Å². The number of piperidine rings is 1. The summed E-state index contributed by atoms with van der Waals surface area (Å²) in [5.41, 5.74) is -0.195. The molecule has 2 rings (SSSR count). The van der Waals surface area contributed by atoms with E-state index in [-0.39, 0.29) is 11.5 Å². The molecule has 0 saturated carbocycles. The van der Waals surface area contributed by atoms with Crippen LogP contribution in [0.5, 0.6) is 0 Å². The molecule has 0 bridgehead atoms. The number of morpholine rings is 1. The van der Waals surface area contributed by atoms with Crippen molar-refractivity contribution in [2.24, 2.45) is 5.92 Å². The molecule has 0 radical (unpaired) electrons. The number of rotatable bonds is 1. The van der Waals surface area contributed by atoms with Gasteiger partial charge < -0.3 is 15.0 Å². The van der Waals surface area contributed by atoms with Gasteiger partial charge in [-0.3, -0.25) is 4.79 Å². The largest absolute Gasteiger partial charge is 0.372 e. The second-order valence-electron chi connectivity index (χ2n) is 5.86. The van der Waals surface area contributed by atoms with Gasteiger partial charge >= 0.3 is 0 Å². The summed E-state index contributed by atoms with van der Waals surface area (Å²) in [5, 5.41) is 3.39. The number of hydrogen-bond donors (Lipinski definition) is 1. The van der Waals surface area contributed by atoms with Crippen molar-refractivity contribution < 1.29 is 9.53 Å². The molecule has 2 fully saturated rings. The van der Waals surface area contributed by atoms with Crippen LogP contribution in [-0.2, 0) is 9.53 Å². The molecule has 4 heteroatoms. The third kappa shape index (κ3) is 2.99. The van der Waals surface area contributed by atoms with Gasteiger partial charge in [0, 0.05) is 19.1 Å². The Morgan fingerprint density at radius 1 is 1.47 bits per heavy atom. The Bertz CT molecular complexity index is 291. The molecule has 0 spiro atoms. The molecule has 1 amide bonds. The summed E-state index contributed by atoms with van der Waals surface area (Å²) >= 11 is 0. The lowest BCUT2D eigenvalue weighted by atomic mass is 9.90. The molecule has 98 valence electrons. The van der Waals surface area contributed by atoms with Gasteiger partial charge in [0.2, 0.25) is 5.91 Å². The van der Waals surface area contributed by atoms with Crippen LogP contribution in [0.25, 0.3) is 0 Å². The van der Waals surface area contributed by atoms with Crippen molar-refractivity contribution in [1.82, 2.24) is 10.2 Å². The second kappa shape index (κ2) is 4.94. The molecule has 0 aromatic carbocycles. The number of amides is 1. The van der Waals surface area contributed by atoms with Crippen LogP contribution in [0.2, 0.25) is 0 Å². The van der Waals surface area contributed by atoms with E-state index in [2.05, 4.69) is 26.1 Å². The number of nitrogens with one attached hydrogen (secondary N) is 1. The summed E-state index contributed by atoms with van der Waals surface area (Å²) in [5.74, 6) is 0.457. The Morgan fingerprint density at radius 2 is 2.24 bits per heavy atom. The van der Waals surface area contributed by atoms with Crippen molar-refractivity contribution >= 4 is 5.91 Å². The van der Waals surface area contributed by atoms with Gasteiger partial charge in [0.05, 0.1) is 18.1 Å². The number of carbonyl (C=O) groups is 1. The maximum Gasteiger partial charge on any atom is 0.227 e. The molecular formula is C13H24N2O2. The van der Waals surface area contributed by atoms with Crippen LogP contribution < -0.4 is 5.32 Å². The molecular weight excluding hydrogens is 216 g/mol.